The van der Waals surface area contributed by atoms with E-state index in [2.05, 4.69) is 15.9 Å². The third-order valence-corrected chi connectivity index (χ3v) is 2.68. The largest absolute Gasteiger partial charge is 0.507 e. The summed E-state index contributed by atoms with van der Waals surface area (Å²) in [6, 6.07) is 14.9. The molecule has 0 aliphatic heterocycles. The summed E-state index contributed by atoms with van der Waals surface area (Å²) in [5.74, 6) is 1.04. The third-order valence-electron chi connectivity index (χ3n) is 2.18. The Kier molecular flexibility index (Phi) is 3.47. The molecule has 0 radical (unpaired) electrons. The van der Waals surface area contributed by atoms with Crippen LogP contribution in [0.15, 0.2) is 53.0 Å². The molecule has 0 saturated carbocycles. The van der Waals surface area contributed by atoms with Gasteiger partial charge < -0.3 is 9.84 Å². The number of phenolic OH excluding ortho intramolecular Hbond substituents is 1. The van der Waals surface area contributed by atoms with Crippen molar-refractivity contribution in [1.82, 2.24) is 0 Å². The highest BCUT2D eigenvalue weighted by Gasteiger charge is 2.02. The van der Waals surface area contributed by atoms with Crippen LogP contribution in [0.2, 0.25) is 0 Å². The average molecular weight is 279 g/mol. The predicted molar refractivity (Wildman–Crippen MR) is 66.6 cm³/mol. The van der Waals surface area contributed by atoms with Crippen molar-refractivity contribution >= 4 is 15.9 Å². The quantitative estimate of drug-likeness (QED) is 0.927. The molecule has 0 fully saturated rings. The number of benzene rings is 2. The first-order valence-corrected chi connectivity index (χ1v) is 5.70. The maximum absolute atomic E-state index is 9.66. The summed E-state index contributed by atoms with van der Waals surface area (Å²) in [5.41, 5.74) is 0.770. The molecule has 0 amide bonds. The number of rotatable bonds is 3. The van der Waals surface area contributed by atoms with Gasteiger partial charge in [-0.15, -0.1) is 0 Å². The Balaban J connectivity index is 2.05. The van der Waals surface area contributed by atoms with Gasteiger partial charge in [-0.3, -0.25) is 0 Å². The van der Waals surface area contributed by atoms with Gasteiger partial charge in [-0.1, -0.05) is 40.2 Å². The Labute approximate surface area is 103 Å². The molecule has 3 heteroatoms. The van der Waals surface area contributed by atoms with Crippen LogP contribution in [0.1, 0.15) is 5.56 Å². The van der Waals surface area contributed by atoms with Crippen LogP contribution in [0.4, 0.5) is 0 Å². The molecule has 82 valence electrons. The minimum atomic E-state index is 0.241. The van der Waals surface area contributed by atoms with Gasteiger partial charge in [0.25, 0.3) is 0 Å². The lowest BCUT2D eigenvalue weighted by Crippen LogP contribution is -1.95. The van der Waals surface area contributed by atoms with Crippen LogP contribution in [0, 0.1) is 0 Å². The Hall–Kier alpha value is -1.48. The second kappa shape index (κ2) is 5.03. The zero-order valence-electron chi connectivity index (χ0n) is 8.56. The van der Waals surface area contributed by atoms with E-state index >= 15 is 0 Å². The molecule has 1 N–H and O–H groups in total. The van der Waals surface area contributed by atoms with Gasteiger partial charge >= 0.3 is 0 Å². The SMILES string of the molecule is Oc1cc(Br)ccc1COc1ccccc1. The fourth-order valence-corrected chi connectivity index (χ4v) is 1.69. The monoisotopic (exact) mass is 278 g/mol. The molecular weight excluding hydrogens is 268 g/mol. The van der Waals surface area contributed by atoms with Crippen LogP contribution in [0.5, 0.6) is 11.5 Å². The lowest BCUT2D eigenvalue weighted by molar-refractivity contribution is 0.299. The topological polar surface area (TPSA) is 29.5 Å². The summed E-state index contributed by atoms with van der Waals surface area (Å²) in [4.78, 5) is 0. The van der Waals surface area contributed by atoms with Crippen molar-refractivity contribution in [2.24, 2.45) is 0 Å². The molecule has 0 aromatic heterocycles. The molecule has 0 unspecified atom stereocenters. The smallest absolute Gasteiger partial charge is 0.123 e. The van der Waals surface area contributed by atoms with Gasteiger partial charge in [-0.25, -0.2) is 0 Å². The number of aromatic hydroxyl groups is 1. The summed E-state index contributed by atoms with van der Waals surface area (Å²) < 4.78 is 6.39. The normalized spacial score (nSPS) is 10.1. The van der Waals surface area contributed by atoms with E-state index < -0.39 is 0 Å². The van der Waals surface area contributed by atoms with E-state index in [0.29, 0.717) is 6.61 Å². The zero-order chi connectivity index (χ0) is 11.4. The summed E-state index contributed by atoms with van der Waals surface area (Å²) >= 11 is 3.29. The Morgan fingerprint density at radius 3 is 2.50 bits per heavy atom. The number of ether oxygens (including phenoxy) is 1. The molecule has 16 heavy (non-hydrogen) atoms. The van der Waals surface area contributed by atoms with Crippen LogP contribution in [0.3, 0.4) is 0 Å². The molecule has 0 spiro atoms. The van der Waals surface area contributed by atoms with Crippen LogP contribution >= 0.6 is 15.9 Å². The average Bonchev–Trinajstić information content (AvgIpc) is 2.29. The summed E-state index contributed by atoms with van der Waals surface area (Å²) in [6.07, 6.45) is 0. The van der Waals surface area contributed by atoms with E-state index in [1.165, 1.54) is 0 Å². The zero-order valence-corrected chi connectivity index (χ0v) is 10.1. The van der Waals surface area contributed by atoms with Gasteiger partial charge in [0.1, 0.15) is 18.1 Å². The molecule has 0 aliphatic carbocycles. The minimum absolute atomic E-state index is 0.241. The van der Waals surface area contributed by atoms with Crippen LogP contribution in [-0.4, -0.2) is 5.11 Å². The molecular formula is C13H11BrO2. The van der Waals surface area contributed by atoms with Crippen molar-refractivity contribution in [3.05, 3.63) is 58.6 Å². The molecule has 0 heterocycles. The van der Waals surface area contributed by atoms with E-state index in [0.717, 1.165) is 15.8 Å². The van der Waals surface area contributed by atoms with Crippen LogP contribution < -0.4 is 4.74 Å². The van der Waals surface area contributed by atoms with Gasteiger partial charge in [0.05, 0.1) is 0 Å². The number of hydrogen-bond donors (Lipinski definition) is 1. The fraction of sp³-hybridized carbons (Fsp3) is 0.0769. The first kappa shape index (κ1) is 11.0. The van der Waals surface area contributed by atoms with Gasteiger partial charge in [-0.2, -0.15) is 0 Å². The molecule has 0 bridgehead atoms. The molecule has 0 saturated heterocycles. The van der Waals surface area contributed by atoms with Crippen molar-refractivity contribution in [1.29, 1.82) is 0 Å². The predicted octanol–water partition coefficient (Wildman–Crippen LogP) is 3.73. The lowest BCUT2D eigenvalue weighted by atomic mass is 10.2. The molecule has 2 aromatic carbocycles. The van der Waals surface area contributed by atoms with Gasteiger partial charge in [0, 0.05) is 10.0 Å². The van der Waals surface area contributed by atoms with Crippen molar-refractivity contribution in [2.45, 2.75) is 6.61 Å². The van der Waals surface area contributed by atoms with Crippen molar-refractivity contribution in [3.8, 4) is 11.5 Å². The van der Waals surface area contributed by atoms with Crippen molar-refractivity contribution < 1.29 is 9.84 Å². The molecule has 2 aromatic rings. The van der Waals surface area contributed by atoms with E-state index in [1.54, 1.807) is 6.07 Å². The fourth-order valence-electron chi connectivity index (χ4n) is 1.34. The van der Waals surface area contributed by atoms with Gasteiger partial charge in [-0.05, 0) is 24.3 Å². The number of phenols is 1. The number of para-hydroxylation sites is 1. The highest BCUT2D eigenvalue weighted by atomic mass is 79.9. The first-order chi connectivity index (χ1) is 7.75. The Morgan fingerprint density at radius 2 is 1.81 bits per heavy atom. The molecule has 2 rings (SSSR count). The second-order valence-corrected chi connectivity index (χ2v) is 4.29. The van der Waals surface area contributed by atoms with Crippen molar-refractivity contribution in [2.75, 3.05) is 0 Å². The maximum atomic E-state index is 9.66. The van der Waals surface area contributed by atoms with E-state index in [-0.39, 0.29) is 5.75 Å². The summed E-state index contributed by atoms with van der Waals surface area (Å²) in [6.45, 7) is 0.364. The first-order valence-electron chi connectivity index (χ1n) is 4.91. The van der Waals surface area contributed by atoms with E-state index in [4.69, 9.17) is 4.74 Å². The Morgan fingerprint density at radius 1 is 1.06 bits per heavy atom. The molecule has 0 aliphatic rings. The summed E-state index contributed by atoms with van der Waals surface area (Å²) in [7, 11) is 0. The van der Waals surface area contributed by atoms with E-state index in [1.807, 2.05) is 42.5 Å². The van der Waals surface area contributed by atoms with Crippen molar-refractivity contribution in [3.63, 3.8) is 0 Å². The Bertz CT molecular complexity index is 469. The minimum Gasteiger partial charge on any atom is -0.507 e. The van der Waals surface area contributed by atoms with Crippen LogP contribution in [0.25, 0.3) is 0 Å². The lowest BCUT2D eigenvalue weighted by Gasteiger charge is -2.07. The standard InChI is InChI=1S/C13H11BrO2/c14-11-7-6-10(13(15)8-11)9-16-12-4-2-1-3-5-12/h1-8,15H,9H2. The van der Waals surface area contributed by atoms with Gasteiger partial charge in [0.2, 0.25) is 0 Å². The molecule has 2 nitrogen and oxygen atoms in total. The van der Waals surface area contributed by atoms with Gasteiger partial charge in [0.15, 0.2) is 0 Å². The highest BCUT2D eigenvalue weighted by Crippen LogP contribution is 2.23. The third kappa shape index (κ3) is 2.76. The highest BCUT2D eigenvalue weighted by molar-refractivity contribution is 9.10. The summed E-state index contributed by atoms with van der Waals surface area (Å²) in [5, 5.41) is 9.66. The molecule has 0 atom stereocenters. The maximum Gasteiger partial charge on any atom is 0.123 e. The number of hydrogen-bond acceptors (Lipinski definition) is 2. The van der Waals surface area contributed by atoms with E-state index in [9.17, 15) is 5.11 Å². The number of halogens is 1. The van der Waals surface area contributed by atoms with Crippen LogP contribution in [-0.2, 0) is 6.61 Å². The second-order valence-electron chi connectivity index (χ2n) is 3.37.